The number of carboxylic acid groups (broad SMARTS) is 1. The fraction of sp³-hybridized carbons (Fsp3) is 0.160. The van der Waals surface area contributed by atoms with Gasteiger partial charge in [-0.1, -0.05) is 54.6 Å². The number of phenolic OH excluding ortho intramolecular Hbond substituents is 1. The number of aliphatic carboxylic acids is 1. The summed E-state index contributed by atoms with van der Waals surface area (Å²) in [5, 5.41) is 19.4. The first-order chi connectivity index (χ1) is 15.4. The fourth-order valence-corrected chi connectivity index (χ4v) is 3.94. The predicted octanol–water partition coefficient (Wildman–Crippen LogP) is 3.42. The topological polar surface area (TPSA) is 98.2 Å². The molecule has 7 heteroatoms. The molecule has 162 valence electrons. The highest BCUT2D eigenvalue weighted by Crippen LogP contribution is 2.31. The number of hydrogen-bond donors (Lipinski definition) is 2. The van der Waals surface area contributed by atoms with Crippen molar-refractivity contribution in [3.05, 3.63) is 95.6 Å². The second-order valence-electron chi connectivity index (χ2n) is 7.64. The number of anilines is 1. The molecule has 0 bridgehead atoms. The Hall–Kier alpha value is -4.13. The Morgan fingerprint density at radius 2 is 1.53 bits per heavy atom. The van der Waals surface area contributed by atoms with Gasteiger partial charge in [-0.15, -0.1) is 0 Å². The van der Waals surface area contributed by atoms with Gasteiger partial charge in [-0.2, -0.15) is 0 Å². The van der Waals surface area contributed by atoms with E-state index >= 15 is 0 Å². The van der Waals surface area contributed by atoms with Crippen LogP contribution in [0.15, 0.2) is 78.9 Å². The molecule has 1 aliphatic rings. The van der Waals surface area contributed by atoms with Gasteiger partial charge in [0.2, 0.25) is 0 Å². The number of carbonyl (C=O) groups is 3. The molecular weight excluding hydrogens is 408 g/mol. The number of amides is 2. The van der Waals surface area contributed by atoms with Crippen molar-refractivity contribution in [2.24, 2.45) is 0 Å². The van der Waals surface area contributed by atoms with Crippen LogP contribution >= 0.6 is 0 Å². The maximum atomic E-state index is 13.7. The second-order valence-corrected chi connectivity index (χ2v) is 7.64. The Kier molecular flexibility index (Phi) is 5.89. The van der Waals surface area contributed by atoms with Crippen LogP contribution in [-0.4, -0.2) is 38.9 Å². The zero-order chi connectivity index (χ0) is 22.7. The molecule has 3 aromatic rings. The smallest absolute Gasteiger partial charge is 0.305 e. The third-order valence-corrected chi connectivity index (χ3v) is 5.43. The molecule has 2 N–H and O–H groups in total. The van der Waals surface area contributed by atoms with Crippen molar-refractivity contribution in [3.63, 3.8) is 0 Å². The monoisotopic (exact) mass is 430 g/mol. The number of rotatable bonds is 6. The van der Waals surface area contributed by atoms with Crippen LogP contribution in [0.1, 0.15) is 27.9 Å². The zero-order valence-electron chi connectivity index (χ0n) is 17.2. The Morgan fingerprint density at radius 3 is 2.25 bits per heavy atom. The molecule has 0 saturated heterocycles. The number of fused-ring (bicyclic) bond motifs is 1. The van der Waals surface area contributed by atoms with Crippen LogP contribution in [0.2, 0.25) is 0 Å². The van der Waals surface area contributed by atoms with Gasteiger partial charge in [0, 0.05) is 6.54 Å². The molecule has 0 aromatic heterocycles. The molecule has 3 aromatic carbocycles. The molecular formula is C25H22N2O5. The quantitative estimate of drug-likeness (QED) is 0.624. The number of nitrogens with zero attached hydrogens (tertiary/aromatic N) is 2. The molecule has 4 rings (SSSR count). The van der Waals surface area contributed by atoms with Gasteiger partial charge in [0.25, 0.3) is 11.8 Å². The van der Waals surface area contributed by atoms with E-state index < -0.39 is 30.2 Å². The Labute approximate surface area is 185 Å². The average Bonchev–Trinajstić information content (AvgIpc) is 2.86. The molecule has 7 nitrogen and oxygen atoms in total. The van der Waals surface area contributed by atoms with Crippen LogP contribution < -0.4 is 4.90 Å². The molecule has 0 fully saturated rings. The van der Waals surface area contributed by atoms with Crippen molar-refractivity contribution in [3.8, 4) is 5.75 Å². The molecule has 0 radical (unpaired) electrons. The van der Waals surface area contributed by atoms with Crippen molar-refractivity contribution in [2.75, 3.05) is 4.90 Å². The summed E-state index contributed by atoms with van der Waals surface area (Å²) in [5.74, 6) is -2.05. The third kappa shape index (κ3) is 4.32. The largest absolute Gasteiger partial charge is 0.508 e. The van der Waals surface area contributed by atoms with E-state index in [0.29, 0.717) is 16.8 Å². The first kappa shape index (κ1) is 21.1. The molecule has 0 spiro atoms. The summed E-state index contributed by atoms with van der Waals surface area (Å²) in [7, 11) is 0. The Bertz CT molecular complexity index is 1160. The standard InChI is InChI=1S/C25H22N2O5/c28-19-10-6-9-18(13-19)16-27-22(14-23(29)30)25(32)26(15-17-7-2-1-3-8-17)21-12-5-4-11-20(21)24(27)31/h1-13,22,28H,14-16H2,(H,29,30)/t22-/m0/s1. The van der Waals surface area contributed by atoms with E-state index in [4.69, 9.17) is 0 Å². The number of benzene rings is 3. The highest BCUT2D eigenvalue weighted by Gasteiger charge is 2.40. The van der Waals surface area contributed by atoms with Crippen LogP contribution in [0.4, 0.5) is 5.69 Å². The van der Waals surface area contributed by atoms with Gasteiger partial charge in [-0.05, 0) is 35.4 Å². The number of carboxylic acids is 1. The molecule has 0 aliphatic carbocycles. The van der Waals surface area contributed by atoms with Gasteiger partial charge in [-0.3, -0.25) is 14.4 Å². The second kappa shape index (κ2) is 8.93. The van der Waals surface area contributed by atoms with Gasteiger partial charge in [0.1, 0.15) is 11.8 Å². The van der Waals surface area contributed by atoms with E-state index in [9.17, 15) is 24.6 Å². The number of hydrogen-bond acceptors (Lipinski definition) is 4. The van der Waals surface area contributed by atoms with Crippen molar-refractivity contribution in [2.45, 2.75) is 25.6 Å². The highest BCUT2D eigenvalue weighted by atomic mass is 16.4. The van der Waals surface area contributed by atoms with Crippen LogP contribution in [-0.2, 0) is 22.7 Å². The minimum Gasteiger partial charge on any atom is -0.508 e. The van der Waals surface area contributed by atoms with Gasteiger partial charge >= 0.3 is 5.97 Å². The Morgan fingerprint density at radius 1 is 0.844 bits per heavy atom. The number of phenols is 1. The molecule has 1 heterocycles. The lowest BCUT2D eigenvalue weighted by Crippen LogP contribution is -2.49. The van der Waals surface area contributed by atoms with E-state index in [2.05, 4.69) is 0 Å². The Balaban J connectivity index is 1.80. The van der Waals surface area contributed by atoms with E-state index in [1.165, 1.54) is 21.9 Å². The van der Waals surface area contributed by atoms with E-state index in [-0.39, 0.29) is 18.8 Å². The normalized spacial score (nSPS) is 15.9. The lowest BCUT2D eigenvalue weighted by molar-refractivity contribution is -0.140. The zero-order valence-corrected chi connectivity index (χ0v) is 17.2. The summed E-state index contributed by atoms with van der Waals surface area (Å²) in [6, 6.07) is 21.3. The lowest BCUT2D eigenvalue weighted by atomic mass is 10.1. The minimum absolute atomic E-state index is 0.00949. The molecule has 0 saturated carbocycles. The number of carbonyl (C=O) groups excluding carboxylic acids is 2. The maximum absolute atomic E-state index is 13.7. The minimum atomic E-state index is -1.20. The van der Waals surface area contributed by atoms with Gasteiger partial charge < -0.3 is 20.0 Å². The van der Waals surface area contributed by atoms with E-state index in [0.717, 1.165) is 5.56 Å². The van der Waals surface area contributed by atoms with E-state index in [1.807, 2.05) is 30.3 Å². The molecule has 1 aliphatic heterocycles. The third-order valence-electron chi connectivity index (χ3n) is 5.43. The fourth-order valence-electron chi connectivity index (χ4n) is 3.94. The number of para-hydroxylation sites is 1. The van der Waals surface area contributed by atoms with Crippen LogP contribution in [0.5, 0.6) is 5.75 Å². The van der Waals surface area contributed by atoms with Gasteiger partial charge in [0.05, 0.1) is 24.2 Å². The average molecular weight is 430 g/mol. The summed E-state index contributed by atoms with van der Waals surface area (Å²) < 4.78 is 0. The van der Waals surface area contributed by atoms with Gasteiger partial charge in [-0.25, -0.2) is 0 Å². The van der Waals surface area contributed by atoms with Crippen LogP contribution in [0.25, 0.3) is 0 Å². The molecule has 32 heavy (non-hydrogen) atoms. The summed E-state index contributed by atoms with van der Waals surface area (Å²) in [4.78, 5) is 41.7. The number of aromatic hydroxyl groups is 1. The van der Waals surface area contributed by atoms with Crippen LogP contribution in [0, 0.1) is 0 Å². The summed E-state index contributed by atoms with van der Waals surface area (Å²) in [5.41, 5.74) is 2.22. The van der Waals surface area contributed by atoms with Crippen molar-refractivity contribution < 1.29 is 24.6 Å². The molecule has 2 amide bonds. The highest BCUT2D eigenvalue weighted by molar-refractivity contribution is 6.11. The summed E-state index contributed by atoms with van der Waals surface area (Å²) >= 11 is 0. The van der Waals surface area contributed by atoms with Crippen molar-refractivity contribution in [1.82, 2.24) is 4.90 Å². The first-order valence-electron chi connectivity index (χ1n) is 10.2. The summed E-state index contributed by atoms with van der Waals surface area (Å²) in [6.45, 7) is 0.199. The van der Waals surface area contributed by atoms with E-state index in [1.54, 1.807) is 36.4 Å². The SMILES string of the molecule is O=C(O)C[C@H]1C(=O)N(Cc2ccccc2)c2ccccc2C(=O)N1Cc1cccc(O)c1. The molecule has 0 unspecified atom stereocenters. The first-order valence-corrected chi connectivity index (χ1v) is 10.2. The predicted molar refractivity (Wildman–Crippen MR) is 118 cm³/mol. The van der Waals surface area contributed by atoms with Gasteiger partial charge in [0.15, 0.2) is 0 Å². The van der Waals surface area contributed by atoms with Crippen molar-refractivity contribution in [1.29, 1.82) is 0 Å². The van der Waals surface area contributed by atoms with Crippen LogP contribution in [0.3, 0.4) is 0 Å². The lowest BCUT2D eigenvalue weighted by Gasteiger charge is -2.30. The summed E-state index contributed by atoms with van der Waals surface area (Å²) in [6.07, 6.45) is -0.525. The molecule has 1 atom stereocenters. The van der Waals surface area contributed by atoms with Crippen molar-refractivity contribution >= 4 is 23.5 Å². The maximum Gasteiger partial charge on any atom is 0.305 e.